The van der Waals surface area contributed by atoms with E-state index >= 15 is 0 Å². The molecule has 0 fully saturated rings. The molecule has 20 heavy (non-hydrogen) atoms. The van der Waals surface area contributed by atoms with E-state index in [4.69, 9.17) is 0 Å². The van der Waals surface area contributed by atoms with Gasteiger partial charge in [0.1, 0.15) is 4.90 Å². The molecule has 0 amide bonds. The van der Waals surface area contributed by atoms with Crippen molar-refractivity contribution in [2.24, 2.45) is 0 Å². The summed E-state index contributed by atoms with van der Waals surface area (Å²) in [5.74, 6) is 0. The third-order valence-electron chi connectivity index (χ3n) is 3.12. The number of aromatic nitrogens is 2. The molecule has 2 aromatic rings. The van der Waals surface area contributed by atoms with Crippen molar-refractivity contribution >= 4 is 10.0 Å². The third kappa shape index (κ3) is 3.26. The second-order valence-corrected chi connectivity index (χ2v) is 6.60. The van der Waals surface area contributed by atoms with Gasteiger partial charge in [-0.25, -0.2) is 13.1 Å². The summed E-state index contributed by atoms with van der Waals surface area (Å²) in [4.78, 5) is 0.252. The van der Waals surface area contributed by atoms with Crippen molar-refractivity contribution in [1.82, 2.24) is 14.9 Å². The molecule has 6 heteroatoms. The molecule has 0 unspecified atom stereocenters. The maximum Gasteiger partial charge on any atom is 0.244 e. The maximum atomic E-state index is 12.2. The Hall–Kier alpha value is -1.66. The van der Waals surface area contributed by atoms with Gasteiger partial charge < -0.3 is 0 Å². The smallest absolute Gasteiger partial charge is 0.244 e. The number of benzene rings is 1. The molecule has 0 spiro atoms. The first-order valence-electron chi connectivity index (χ1n) is 6.47. The summed E-state index contributed by atoms with van der Waals surface area (Å²) in [5, 5.41) is 6.61. The fraction of sp³-hybridized carbons (Fsp3) is 0.357. The van der Waals surface area contributed by atoms with Crippen LogP contribution in [0.15, 0.2) is 29.2 Å². The highest BCUT2D eigenvalue weighted by Crippen LogP contribution is 2.16. The van der Waals surface area contributed by atoms with Gasteiger partial charge in [-0.05, 0) is 32.8 Å². The number of nitrogens with zero attached hydrogens (tertiary/aromatic N) is 1. The van der Waals surface area contributed by atoms with Crippen LogP contribution >= 0.6 is 0 Å². The molecule has 2 rings (SSSR count). The van der Waals surface area contributed by atoms with Crippen LogP contribution in [-0.2, 0) is 16.4 Å². The Bertz CT molecular complexity index is 685. The second kappa shape index (κ2) is 5.76. The molecule has 0 atom stereocenters. The molecular formula is C14H19N3O2S. The maximum absolute atomic E-state index is 12.2. The largest absolute Gasteiger partial charge is 0.281 e. The van der Waals surface area contributed by atoms with Gasteiger partial charge in [-0.3, -0.25) is 5.10 Å². The van der Waals surface area contributed by atoms with E-state index in [1.54, 1.807) is 13.8 Å². The molecule has 0 saturated heterocycles. The van der Waals surface area contributed by atoms with Gasteiger partial charge in [-0.2, -0.15) is 5.10 Å². The van der Waals surface area contributed by atoms with Gasteiger partial charge >= 0.3 is 0 Å². The quantitative estimate of drug-likeness (QED) is 0.883. The molecule has 0 saturated carbocycles. The molecule has 1 heterocycles. The third-order valence-corrected chi connectivity index (χ3v) is 4.84. The Kier molecular flexibility index (Phi) is 4.25. The molecule has 0 bridgehead atoms. The van der Waals surface area contributed by atoms with Crippen molar-refractivity contribution in [2.45, 2.75) is 32.1 Å². The van der Waals surface area contributed by atoms with Crippen LogP contribution in [0.5, 0.6) is 0 Å². The van der Waals surface area contributed by atoms with Gasteiger partial charge in [0.05, 0.1) is 11.4 Å². The minimum absolute atomic E-state index is 0.252. The highest BCUT2D eigenvalue weighted by Gasteiger charge is 2.21. The van der Waals surface area contributed by atoms with Crippen LogP contribution in [-0.4, -0.2) is 25.2 Å². The first-order valence-corrected chi connectivity index (χ1v) is 7.95. The lowest BCUT2D eigenvalue weighted by Gasteiger charge is -2.07. The molecule has 0 aliphatic carbocycles. The van der Waals surface area contributed by atoms with Gasteiger partial charge in [-0.15, -0.1) is 0 Å². The summed E-state index contributed by atoms with van der Waals surface area (Å²) in [7, 11) is -3.50. The second-order valence-electron chi connectivity index (χ2n) is 4.90. The number of aryl methyl sites for hydroxylation is 3. The lowest BCUT2D eigenvalue weighted by Crippen LogP contribution is -2.26. The van der Waals surface area contributed by atoms with E-state index in [-0.39, 0.29) is 4.90 Å². The first kappa shape index (κ1) is 14.7. The van der Waals surface area contributed by atoms with Crippen molar-refractivity contribution < 1.29 is 8.42 Å². The minimum atomic E-state index is -3.50. The van der Waals surface area contributed by atoms with Gasteiger partial charge in [0, 0.05) is 6.54 Å². The van der Waals surface area contributed by atoms with Gasteiger partial charge in [-0.1, -0.05) is 29.8 Å². The van der Waals surface area contributed by atoms with E-state index < -0.39 is 10.0 Å². The summed E-state index contributed by atoms with van der Waals surface area (Å²) in [6.45, 7) is 5.77. The molecule has 0 aliphatic rings. The van der Waals surface area contributed by atoms with E-state index in [1.165, 1.54) is 5.56 Å². The number of H-pyrrole nitrogens is 1. The number of nitrogens with one attached hydrogen (secondary N) is 2. The van der Waals surface area contributed by atoms with Crippen LogP contribution < -0.4 is 4.72 Å². The average Bonchev–Trinajstić information content (AvgIpc) is 2.69. The molecule has 1 aromatic carbocycles. The highest BCUT2D eigenvalue weighted by atomic mass is 32.2. The first-order chi connectivity index (χ1) is 9.40. The molecule has 1 aromatic heterocycles. The van der Waals surface area contributed by atoms with Crippen molar-refractivity contribution in [3.05, 3.63) is 46.8 Å². The Labute approximate surface area is 119 Å². The standard InChI is InChI=1S/C14H19N3O2S/c1-10-5-4-6-13(9-10)7-8-15-20(18,19)14-11(2)16-17-12(14)3/h4-6,9,15H,7-8H2,1-3H3,(H,16,17). The Balaban J connectivity index is 2.04. The number of sulfonamides is 1. The fourth-order valence-corrected chi connectivity index (χ4v) is 3.60. The molecule has 0 aliphatic heterocycles. The molecule has 0 radical (unpaired) electrons. The Morgan fingerprint density at radius 1 is 1.25 bits per heavy atom. The van der Waals surface area contributed by atoms with E-state index in [0.29, 0.717) is 24.4 Å². The SMILES string of the molecule is Cc1cccc(CCNS(=O)(=O)c2c(C)n[nH]c2C)c1. The van der Waals surface area contributed by atoms with Crippen LogP contribution in [0.4, 0.5) is 0 Å². The van der Waals surface area contributed by atoms with Crippen LogP contribution in [0.1, 0.15) is 22.5 Å². The topological polar surface area (TPSA) is 74.8 Å². The monoisotopic (exact) mass is 293 g/mol. The van der Waals surface area contributed by atoms with Gasteiger partial charge in [0.2, 0.25) is 10.0 Å². The van der Waals surface area contributed by atoms with Gasteiger partial charge in [0.25, 0.3) is 0 Å². The summed E-state index contributed by atoms with van der Waals surface area (Å²) >= 11 is 0. The van der Waals surface area contributed by atoms with Crippen LogP contribution in [0.25, 0.3) is 0 Å². The number of hydrogen-bond acceptors (Lipinski definition) is 3. The van der Waals surface area contributed by atoms with Crippen molar-refractivity contribution in [1.29, 1.82) is 0 Å². The summed E-state index contributed by atoms with van der Waals surface area (Å²) in [6.07, 6.45) is 0.664. The number of hydrogen-bond donors (Lipinski definition) is 2. The predicted octanol–water partition coefficient (Wildman–Crippen LogP) is 1.86. The molecule has 108 valence electrons. The van der Waals surface area contributed by atoms with E-state index in [0.717, 1.165) is 5.56 Å². The van der Waals surface area contributed by atoms with E-state index in [9.17, 15) is 8.42 Å². The number of rotatable bonds is 5. The summed E-state index contributed by atoms with van der Waals surface area (Å²) in [5.41, 5.74) is 3.34. The molecular weight excluding hydrogens is 274 g/mol. The van der Waals surface area contributed by atoms with Crippen molar-refractivity contribution in [2.75, 3.05) is 6.54 Å². The number of aromatic amines is 1. The normalized spacial score (nSPS) is 11.8. The van der Waals surface area contributed by atoms with Crippen LogP contribution in [0.2, 0.25) is 0 Å². The lowest BCUT2D eigenvalue weighted by atomic mass is 10.1. The van der Waals surface area contributed by atoms with Crippen LogP contribution in [0.3, 0.4) is 0 Å². The Morgan fingerprint density at radius 3 is 2.60 bits per heavy atom. The summed E-state index contributed by atoms with van der Waals surface area (Å²) in [6, 6.07) is 8.05. The van der Waals surface area contributed by atoms with Crippen LogP contribution in [0, 0.1) is 20.8 Å². The van der Waals surface area contributed by atoms with E-state index in [2.05, 4.69) is 21.0 Å². The minimum Gasteiger partial charge on any atom is -0.281 e. The van der Waals surface area contributed by atoms with E-state index in [1.807, 2.05) is 25.1 Å². The van der Waals surface area contributed by atoms with Gasteiger partial charge in [0.15, 0.2) is 0 Å². The zero-order valence-corrected chi connectivity index (χ0v) is 12.7. The van der Waals surface area contributed by atoms with Crippen molar-refractivity contribution in [3.8, 4) is 0 Å². The van der Waals surface area contributed by atoms with Crippen molar-refractivity contribution in [3.63, 3.8) is 0 Å². The zero-order chi connectivity index (χ0) is 14.8. The molecule has 2 N–H and O–H groups in total. The fourth-order valence-electron chi connectivity index (χ4n) is 2.21. The lowest BCUT2D eigenvalue weighted by molar-refractivity contribution is 0.580. The highest BCUT2D eigenvalue weighted by molar-refractivity contribution is 7.89. The Morgan fingerprint density at radius 2 is 2.00 bits per heavy atom. The predicted molar refractivity (Wildman–Crippen MR) is 78.1 cm³/mol. The molecule has 5 nitrogen and oxygen atoms in total. The average molecular weight is 293 g/mol. The summed E-state index contributed by atoms with van der Waals surface area (Å²) < 4.78 is 27.1. The zero-order valence-electron chi connectivity index (χ0n) is 11.9.